The first-order valence-corrected chi connectivity index (χ1v) is 9.27. The molecule has 0 aliphatic heterocycles. The first-order chi connectivity index (χ1) is 14.8. The third-order valence-corrected chi connectivity index (χ3v) is 4.74. The van der Waals surface area contributed by atoms with Gasteiger partial charge >= 0.3 is 5.92 Å². The van der Waals surface area contributed by atoms with Gasteiger partial charge in [0.2, 0.25) is 11.8 Å². The van der Waals surface area contributed by atoms with E-state index < -0.39 is 11.8 Å². The molecule has 5 rings (SSSR count). The van der Waals surface area contributed by atoms with E-state index in [9.17, 15) is 8.78 Å². The van der Waals surface area contributed by atoms with Crippen LogP contribution in [0.15, 0.2) is 29.1 Å². The molecule has 0 spiro atoms. The Labute approximate surface area is 173 Å². The van der Waals surface area contributed by atoms with Crippen LogP contribution >= 0.6 is 0 Å². The topological polar surface area (TPSA) is 120 Å². The third-order valence-electron chi connectivity index (χ3n) is 4.74. The quantitative estimate of drug-likeness (QED) is 0.455. The smallest absolute Gasteiger partial charge is 0.321 e. The summed E-state index contributed by atoms with van der Waals surface area (Å²) in [7, 11) is 1.52. The van der Waals surface area contributed by atoms with Crippen molar-refractivity contribution in [3.05, 3.63) is 48.0 Å². The lowest BCUT2D eigenvalue weighted by molar-refractivity contribution is -0.0118. The number of alkyl halides is 2. The van der Waals surface area contributed by atoms with Crippen LogP contribution in [0.3, 0.4) is 0 Å². The van der Waals surface area contributed by atoms with Gasteiger partial charge in [0.1, 0.15) is 17.7 Å². The Morgan fingerprint density at radius 1 is 1.23 bits per heavy atom. The number of pyridine rings is 1. The zero-order valence-electron chi connectivity index (χ0n) is 16.7. The van der Waals surface area contributed by atoms with E-state index in [0.717, 1.165) is 11.1 Å². The molecule has 0 atom stereocenters. The van der Waals surface area contributed by atoms with Crippen molar-refractivity contribution < 1.29 is 17.9 Å². The van der Waals surface area contributed by atoms with Crippen LogP contribution in [-0.4, -0.2) is 46.9 Å². The molecule has 5 aromatic heterocycles. The number of aromatic nitrogens is 8. The summed E-state index contributed by atoms with van der Waals surface area (Å²) < 4.78 is 39.3. The van der Waals surface area contributed by atoms with Crippen LogP contribution in [0.5, 0.6) is 5.88 Å². The van der Waals surface area contributed by atoms with Gasteiger partial charge in [-0.2, -0.15) is 18.9 Å². The number of nitrogens with one attached hydrogen (secondary N) is 1. The fraction of sp³-hybridized carbons (Fsp3) is 0.263. The van der Waals surface area contributed by atoms with Gasteiger partial charge in [-0.05, 0) is 19.1 Å². The zero-order chi connectivity index (χ0) is 21.8. The van der Waals surface area contributed by atoms with Crippen LogP contribution in [0.4, 0.5) is 8.78 Å². The van der Waals surface area contributed by atoms with Crippen molar-refractivity contribution in [2.75, 3.05) is 7.11 Å². The second-order valence-electron chi connectivity index (χ2n) is 7.03. The number of ether oxygens (including phenoxy) is 1. The minimum absolute atomic E-state index is 0.0172. The first kappa shape index (κ1) is 19.0. The Hall–Kier alpha value is -3.96. The maximum absolute atomic E-state index is 13.5. The van der Waals surface area contributed by atoms with E-state index in [-0.39, 0.29) is 12.3 Å². The maximum Gasteiger partial charge on any atom is 0.321 e. The van der Waals surface area contributed by atoms with Gasteiger partial charge in [-0.25, -0.2) is 14.5 Å². The Morgan fingerprint density at radius 2 is 2.06 bits per heavy atom. The summed E-state index contributed by atoms with van der Waals surface area (Å²) in [4.78, 5) is 16.3. The Kier molecular flexibility index (Phi) is 4.17. The number of hydrogen-bond acceptors (Lipinski definition) is 8. The first-order valence-electron chi connectivity index (χ1n) is 9.27. The molecule has 0 radical (unpaired) electrons. The molecule has 0 aromatic carbocycles. The van der Waals surface area contributed by atoms with Gasteiger partial charge in [0.15, 0.2) is 5.65 Å². The van der Waals surface area contributed by atoms with Crippen LogP contribution in [0, 0.1) is 6.92 Å². The molecule has 5 heterocycles. The van der Waals surface area contributed by atoms with Crippen molar-refractivity contribution in [2.45, 2.75) is 26.2 Å². The SMILES string of the molecule is COc1ncnn2ccc(-c3cc4[nH]c(C)nc4nc3Cc3nnc(C(C)(F)F)o3)c12. The predicted molar refractivity (Wildman–Crippen MR) is 104 cm³/mol. The van der Waals surface area contributed by atoms with Gasteiger partial charge in [0, 0.05) is 24.2 Å². The average molecular weight is 426 g/mol. The van der Waals surface area contributed by atoms with Gasteiger partial charge in [-0.3, -0.25) is 0 Å². The molecule has 12 heteroatoms. The zero-order valence-corrected chi connectivity index (χ0v) is 16.7. The number of methoxy groups -OCH3 is 1. The van der Waals surface area contributed by atoms with Gasteiger partial charge in [-0.1, -0.05) is 0 Å². The maximum atomic E-state index is 13.5. The molecule has 0 aliphatic carbocycles. The fourth-order valence-electron chi connectivity index (χ4n) is 3.41. The Balaban J connectivity index is 1.70. The summed E-state index contributed by atoms with van der Waals surface area (Å²) in [6.07, 6.45) is 3.19. The highest BCUT2D eigenvalue weighted by molar-refractivity contribution is 5.89. The molecule has 0 bridgehead atoms. The molecule has 0 unspecified atom stereocenters. The lowest BCUT2D eigenvalue weighted by Crippen LogP contribution is -2.07. The molecular weight excluding hydrogens is 410 g/mol. The van der Waals surface area contributed by atoms with Crippen LogP contribution in [0.1, 0.15) is 30.2 Å². The lowest BCUT2D eigenvalue weighted by Gasteiger charge is -2.09. The molecule has 31 heavy (non-hydrogen) atoms. The Morgan fingerprint density at radius 3 is 2.81 bits per heavy atom. The highest BCUT2D eigenvalue weighted by Gasteiger charge is 2.32. The van der Waals surface area contributed by atoms with Crippen molar-refractivity contribution in [2.24, 2.45) is 0 Å². The van der Waals surface area contributed by atoms with Gasteiger partial charge in [0.05, 0.1) is 24.7 Å². The molecule has 0 amide bonds. The molecule has 10 nitrogen and oxygen atoms in total. The largest absolute Gasteiger partial charge is 0.479 e. The summed E-state index contributed by atoms with van der Waals surface area (Å²) in [6, 6.07) is 3.73. The van der Waals surface area contributed by atoms with E-state index in [4.69, 9.17) is 9.15 Å². The molecular formula is C19H16F2N8O2. The summed E-state index contributed by atoms with van der Waals surface area (Å²) >= 11 is 0. The fourth-order valence-corrected chi connectivity index (χ4v) is 3.41. The van der Waals surface area contributed by atoms with Crippen molar-refractivity contribution >= 4 is 16.7 Å². The number of aromatic amines is 1. The van der Waals surface area contributed by atoms with E-state index in [1.165, 1.54) is 13.4 Å². The number of halogens is 2. The number of hydrogen-bond donors (Lipinski definition) is 1. The predicted octanol–water partition coefficient (Wildman–Crippen LogP) is 3.07. The molecule has 0 saturated carbocycles. The standard InChI is InChI=1S/C19H16F2N8O2/c1-9-24-13-6-11(10-4-5-29-15(10)17(30-3)22-8-23-29)12(26-16(13)25-9)7-14-27-28-18(31-14)19(2,20)21/h4-6,8H,7H2,1-3H3,(H,24,25,26). The van der Waals surface area contributed by atoms with Gasteiger partial charge in [-0.15, -0.1) is 10.2 Å². The summed E-state index contributed by atoms with van der Waals surface area (Å²) in [5.41, 5.74) is 3.81. The number of H-pyrrole nitrogens is 1. The van der Waals surface area contributed by atoms with E-state index in [0.29, 0.717) is 41.0 Å². The molecule has 0 aliphatic rings. The van der Waals surface area contributed by atoms with E-state index in [1.54, 1.807) is 10.7 Å². The minimum atomic E-state index is -3.23. The third kappa shape index (κ3) is 3.25. The lowest BCUT2D eigenvalue weighted by atomic mass is 10.0. The van der Waals surface area contributed by atoms with Crippen LogP contribution < -0.4 is 4.74 Å². The van der Waals surface area contributed by atoms with Crippen LogP contribution in [0.2, 0.25) is 0 Å². The average Bonchev–Trinajstić information content (AvgIpc) is 3.44. The summed E-state index contributed by atoms with van der Waals surface area (Å²) in [5, 5.41) is 11.4. The second kappa shape index (κ2) is 6.79. The van der Waals surface area contributed by atoms with Crippen LogP contribution in [-0.2, 0) is 12.3 Å². The van der Waals surface area contributed by atoms with Crippen molar-refractivity contribution in [3.8, 4) is 17.0 Å². The van der Waals surface area contributed by atoms with E-state index in [2.05, 4.69) is 35.2 Å². The normalized spacial score (nSPS) is 12.2. The molecule has 5 aromatic rings. The van der Waals surface area contributed by atoms with Gasteiger partial charge < -0.3 is 14.1 Å². The minimum Gasteiger partial charge on any atom is -0.479 e. The second-order valence-corrected chi connectivity index (χ2v) is 7.03. The number of aryl methyl sites for hydroxylation is 1. The van der Waals surface area contributed by atoms with Crippen molar-refractivity contribution in [1.82, 2.24) is 39.7 Å². The number of rotatable bonds is 5. The Bertz CT molecular complexity index is 1420. The highest BCUT2D eigenvalue weighted by atomic mass is 19.3. The molecule has 1 N–H and O–H groups in total. The molecule has 158 valence electrons. The number of fused-ring (bicyclic) bond motifs is 2. The van der Waals surface area contributed by atoms with Gasteiger partial charge in [0.25, 0.3) is 5.89 Å². The highest BCUT2D eigenvalue weighted by Crippen LogP contribution is 2.34. The van der Waals surface area contributed by atoms with Crippen molar-refractivity contribution in [1.29, 1.82) is 0 Å². The van der Waals surface area contributed by atoms with Crippen molar-refractivity contribution in [3.63, 3.8) is 0 Å². The number of imidazole rings is 1. The summed E-state index contributed by atoms with van der Waals surface area (Å²) in [6.45, 7) is 2.52. The number of nitrogens with zero attached hydrogens (tertiary/aromatic N) is 7. The van der Waals surface area contributed by atoms with E-state index in [1.807, 2.05) is 19.1 Å². The molecule has 0 saturated heterocycles. The van der Waals surface area contributed by atoms with E-state index >= 15 is 0 Å². The summed E-state index contributed by atoms with van der Waals surface area (Å²) in [5.74, 6) is -2.88. The molecule has 0 fully saturated rings. The van der Waals surface area contributed by atoms with Crippen LogP contribution in [0.25, 0.3) is 27.8 Å². The monoisotopic (exact) mass is 426 g/mol.